The summed E-state index contributed by atoms with van der Waals surface area (Å²) in [4.78, 5) is 19.4. The quantitative estimate of drug-likeness (QED) is 0.577. The molecule has 0 spiro atoms. The van der Waals surface area contributed by atoms with Gasteiger partial charge in [-0.25, -0.2) is 4.98 Å². The van der Waals surface area contributed by atoms with E-state index in [-0.39, 0.29) is 11.2 Å². The number of H-pyrrole nitrogens is 1. The molecule has 0 amide bonds. The highest BCUT2D eigenvalue weighted by Gasteiger charge is 2.08. The number of nitrogen functional groups attached to an aromatic ring is 1. The lowest BCUT2D eigenvalue weighted by molar-refractivity contribution is 0.760. The second kappa shape index (κ2) is 4.61. The van der Waals surface area contributed by atoms with Crippen molar-refractivity contribution in [3.63, 3.8) is 0 Å². The Bertz CT molecular complexity index is 348. The fourth-order valence-corrected chi connectivity index (χ4v) is 1.09. The summed E-state index contributed by atoms with van der Waals surface area (Å²) in [6.07, 6.45) is 1.35. The summed E-state index contributed by atoms with van der Waals surface area (Å²) >= 11 is 0. The van der Waals surface area contributed by atoms with Gasteiger partial charge >= 0.3 is 0 Å². The highest BCUT2D eigenvalue weighted by Crippen LogP contribution is 2.11. The number of nitrogens with one attached hydrogen (secondary N) is 2. The van der Waals surface area contributed by atoms with Crippen LogP contribution in [0.3, 0.4) is 0 Å². The van der Waals surface area contributed by atoms with E-state index in [1.807, 2.05) is 19.0 Å². The highest BCUT2D eigenvalue weighted by molar-refractivity contribution is 5.60. The number of hydrogen-bond donors (Lipinski definition) is 3. The van der Waals surface area contributed by atoms with Crippen molar-refractivity contribution in [3.8, 4) is 0 Å². The molecule has 0 aliphatic rings. The number of nitrogens with two attached hydrogens (primary N) is 1. The summed E-state index contributed by atoms with van der Waals surface area (Å²) in [5, 5.41) is 3.01. The summed E-state index contributed by atoms with van der Waals surface area (Å²) in [6.45, 7) is 1.56. The van der Waals surface area contributed by atoms with Crippen molar-refractivity contribution >= 4 is 11.5 Å². The largest absolute Gasteiger partial charge is 0.391 e. The summed E-state index contributed by atoms with van der Waals surface area (Å²) in [5.41, 5.74) is 5.45. The van der Waals surface area contributed by atoms with Gasteiger partial charge in [0, 0.05) is 20.1 Å². The van der Waals surface area contributed by atoms with E-state index in [4.69, 9.17) is 5.73 Å². The van der Waals surface area contributed by atoms with E-state index in [2.05, 4.69) is 15.3 Å². The summed E-state index contributed by atoms with van der Waals surface area (Å²) in [7, 11) is 3.71. The maximum Gasteiger partial charge on any atom is 0.276 e. The fraction of sp³-hybridized carbons (Fsp3) is 0.500. The first-order chi connectivity index (χ1) is 6.66. The molecule has 0 radical (unpaired) electrons. The molecule has 0 bridgehead atoms. The fourth-order valence-electron chi connectivity index (χ4n) is 1.09. The monoisotopic (exact) mass is 197 g/mol. The van der Waals surface area contributed by atoms with Gasteiger partial charge in [-0.2, -0.15) is 0 Å². The van der Waals surface area contributed by atoms with Crippen LogP contribution in [0.5, 0.6) is 0 Å². The lowest BCUT2D eigenvalue weighted by Crippen LogP contribution is -2.30. The Hall–Kier alpha value is -1.56. The molecule has 4 N–H and O–H groups in total. The van der Waals surface area contributed by atoms with Crippen molar-refractivity contribution < 1.29 is 0 Å². The third kappa shape index (κ3) is 2.23. The number of nitrogens with zero attached hydrogens (tertiary/aromatic N) is 2. The highest BCUT2D eigenvalue weighted by atomic mass is 16.1. The molecule has 1 aromatic heterocycles. The smallest absolute Gasteiger partial charge is 0.276 e. The van der Waals surface area contributed by atoms with E-state index in [0.29, 0.717) is 5.82 Å². The number of aromatic nitrogens is 2. The van der Waals surface area contributed by atoms with Crippen LogP contribution in [-0.4, -0.2) is 37.2 Å². The van der Waals surface area contributed by atoms with Gasteiger partial charge in [0.25, 0.3) is 5.56 Å². The Morgan fingerprint density at radius 3 is 3.07 bits per heavy atom. The third-order valence-electron chi connectivity index (χ3n) is 1.93. The molecular formula is C8H15N5O. The molecule has 0 aliphatic carbocycles. The molecule has 1 rings (SSSR count). The zero-order valence-electron chi connectivity index (χ0n) is 8.37. The van der Waals surface area contributed by atoms with Crippen LogP contribution >= 0.6 is 0 Å². The molecule has 0 saturated carbocycles. The summed E-state index contributed by atoms with van der Waals surface area (Å²) in [5.74, 6) is 0.518. The normalized spacial score (nSPS) is 10.1. The van der Waals surface area contributed by atoms with Crippen molar-refractivity contribution in [1.29, 1.82) is 0 Å². The number of likely N-dealkylation sites (N-methyl/N-ethyl adjacent to an activating group) is 2. The lowest BCUT2D eigenvalue weighted by atomic mass is 10.4. The van der Waals surface area contributed by atoms with Crippen molar-refractivity contribution in [2.24, 2.45) is 0 Å². The minimum atomic E-state index is -0.300. The second-order valence-corrected chi connectivity index (χ2v) is 2.99. The lowest BCUT2D eigenvalue weighted by Gasteiger charge is -2.18. The maximum absolute atomic E-state index is 11.2. The van der Waals surface area contributed by atoms with E-state index >= 15 is 0 Å². The van der Waals surface area contributed by atoms with Crippen molar-refractivity contribution in [2.45, 2.75) is 0 Å². The van der Waals surface area contributed by atoms with Gasteiger partial charge in [-0.3, -0.25) is 4.79 Å². The average Bonchev–Trinajstić information content (AvgIpc) is 2.18. The Kier molecular flexibility index (Phi) is 3.47. The maximum atomic E-state index is 11.2. The van der Waals surface area contributed by atoms with Gasteiger partial charge in [-0.15, -0.1) is 0 Å². The first-order valence-electron chi connectivity index (χ1n) is 4.35. The zero-order valence-corrected chi connectivity index (χ0v) is 8.37. The van der Waals surface area contributed by atoms with Crippen LogP contribution in [0.25, 0.3) is 0 Å². The first-order valence-corrected chi connectivity index (χ1v) is 4.35. The van der Waals surface area contributed by atoms with Crippen LogP contribution < -0.4 is 21.5 Å². The van der Waals surface area contributed by atoms with Gasteiger partial charge in [0.1, 0.15) is 5.69 Å². The van der Waals surface area contributed by atoms with Gasteiger partial charge in [-0.1, -0.05) is 0 Å². The number of anilines is 2. The van der Waals surface area contributed by atoms with Crippen LogP contribution in [0.1, 0.15) is 0 Å². The Balaban J connectivity index is 2.84. The third-order valence-corrected chi connectivity index (χ3v) is 1.93. The Morgan fingerprint density at radius 2 is 2.43 bits per heavy atom. The molecule has 0 fully saturated rings. The molecule has 0 unspecified atom stereocenters. The number of rotatable bonds is 4. The molecule has 1 aromatic rings. The molecule has 0 atom stereocenters. The Morgan fingerprint density at radius 1 is 1.71 bits per heavy atom. The molecule has 1 heterocycles. The first kappa shape index (κ1) is 10.5. The molecule has 14 heavy (non-hydrogen) atoms. The number of hydrogen-bond acceptors (Lipinski definition) is 5. The van der Waals surface area contributed by atoms with Gasteiger partial charge in [0.2, 0.25) is 0 Å². The van der Waals surface area contributed by atoms with E-state index in [0.717, 1.165) is 13.1 Å². The van der Waals surface area contributed by atoms with E-state index < -0.39 is 0 Å². The minimum absolute atomic E-state index is 0.158. The molecule has 0 aromatic carbocycles. The standard InChI is InChI=1S/C8H15N5O/c1-10-3-4-13(2)7-6(9)8(14)12-5-11-7/h5,10H,3-4,9H2,1-2H3,(H,11,12,14). The van der Waals surface area contributed by atoms with Gasteiger partial charge in [-0.05, 0) is 7.05 Å². The van der Waals surface area contributed by atoms with Crippen LogP contribution in [0, 0.1) is 0 Å². The second-order valence-electron chi connectivity index (χ2n) is 2.99. The SMILES string of the molecule is CNCCN(C)c1nc[nH]c(=O)c1N. The van der Waals surface area contributed by atoms with Gasteiger partial charge < -0.3 is 20.9 Å². The van der Waals surface area contributed by atoms with Crippen LogP contribution in [0.15, 0.2) is 11.1 Å². The van der Waals surface area contributed by atoms with Crippen LogP contribution in [-0.2, 0) is 0 Å². The molecule has 6 heteroatoms. The van der Waals surface area contributed by atoms with Crippen molar-refractivity contribution in [3.05, 3.63) is 16.7 Å². The molecule has 0 saturated heterocycles. The molecular weight excluding hydrogens is 182 g/mol. The predicted octanol–water partition coefficient (Wildman–Crippen LogP) is -0.992. The minimum Gasteiger partial charge on any atom is -0.391 e. The summed E-state index contributed by atoms with van der Waals surface area (Å²) in [6, 6.07) is 0. The van der Waals surface area contributed by atoms with Crippen molar-refractivity contribution in [1.82, 2.24) is 15.3 Å². The number of aromatic amines is 1. The molecule has 6 nitrogen and oxygen atoms in total. The van der Waals surface area contributed by atoms with Gasteiger partial charge in [0.15, 0.2) is 5.82 Å². The van der Waals surface area contributed by atoms with E-state index in [1.165, 1.54) is 6.33 Å². The zero-order chi connectivity index (χ0) is 10.6. The van der Waals surface area contributed by atoms with E-state index in [1.54, 1.807) is 0 Å². The summed E-state index contributed by atoms with van der Waals surface area (Å²) < 4.78 is 0. The van der Waals surface area contributed by atoms with Crippen molar-refractivity contribution in [2.75, 3.05) is 37.8 Å². The van der Waals surface area contributed by atoms with Gasteiger partial charge in [0.05, 0.1) is 6.33 Å². The molecule has 78 valence electrons. The Labute approximate surface area is 82.1 Å². The van der Waals surface area contributed by atoms with Crippen LogP contribution in [0.2, 0.25) is 0 Å². The predicted molar refractivity (Wildman–Crippen MR) is 56.5 cm³/mol. The molecule has 0 aliphatic heterocycles. The van der Waals surface area contributed by atoms with Crippen LogP contribution in [0.4, 0.5) is 11.5 Å². The van der Waals surface area contributed by atoms with E-state index in [9.17, 15) is 4.79 Å². The average molecular weight is 197 g/mol. The topological polar surface area (TPSA) is 87.0 Å².